The van der Waals surface area contributed by atoms with Gasteiger partial charge in [-0.3, -0.25) is 0 Å². The summed E-state index contributed by atoms with van der Waals surface area (Å²) in [4.78, 5) is 0. The largest absolute Gasteiger partial charge is 0.0622 e. The first kappa shape index (κ1) is 68.4. The van der Waals surface area contributed by atoms with Gasteiger partial charge >= 0.3 is 0 Å². The molecule has 8 fully saturated rings. The van der Waals surface area contributed by atoms with Crippen molar-refractivity contribution in [2.75, 3.05) is 0 Å². The molecule has 0 saturated heterocycles. The van der Waals surface area contributed by atoms with Crippen LogP contribution in [0, 0.1) is 22.7 Å². The third-order valence-electron chi connectivity index (χ3n) is 25.7. The molecule has 0 heterocycles. The highest BCUT2D eigenvalue weighted by Gasteiger charge is 2.76. The van der Waals surface area contributed by atoms with Gasteiger partial charge in [-0.25, -0.2) is 0 Å². The summed E-state index contributed by atoms with van der Waals surface area (Å²) in [5.41, 5.74) is 25.2. The van der Waals surface area contributed by atoms with Crippen LogP contribution in [0.5, 0.6) is 0 Å². The predicted molar refractivity (Wildman–Crippen MR) is 463 cm³/mol. The van der Waals surface area contributed by atoms with E-state index >= 15 is 0 Å². The van der Waals surface area contributed by atoms with Gasteiger partial charge in [0.25, 0.3) is 0 Å². The highest BCUT2D eigenvalue weighted by atomic mass is 14.8. The first-order chi connectivity index (χ1) is 53.1. The molecule has 0 amide bonds. The van der Waals surface area contributed by atoms with Gasteiger partial charge in [-0.1, -0.05) is 388 Å². The molecule has 0 nitrogen and oxygen atoms in total. The van der Waals surface area contributed by atoms with Gasteiger partial charge in [0.2, 0.25) is 0 Å². The fourth-order valence-corrected chi connectivity index (χ4v) is 22.1. The second kappa shape index (κ2) is 29.4. The van der Waals surface area contributed by atoms with E-state index in [0.29, 0.717) is 11.8 Å². The van der Waals surface area contributed by atoms with Gasteiger partial charge in [0, 0.05) is 0 Å². The molecule has 12 aromatic carbocycles. The molecule has 0 heteroatoms. The lowest BCUT2D eigenvalue weighted by atomic mass is 9.26. The Labute approximate surface area is 641 Å². The summed E-state index contributed by atoms with van der Waals surface area (Å²) < 4.78 is 0. The Morgan fingerprint density at radius 2 is 0.343 bits per heavy atom. The number of hydrogen-bond donors (Lipinski definition) is 0. The smallest absolute Gasteiger partial charge is 0.00241 e. The van der Waals surface area contributed by atoms with Crippen LogP contribution in [0.2, 0.25) is 0 Å². The molecule has 20 rings (SSSR count). The van der Waals surface area contributed by atoms with Crippen molar-refractivity contribution in [2.45, 2.75) is 98.7 Å². The Bertz CT molecular complexity index is 4750. The molecule has 0 spiro atoms. The topological polar surface area (TPSA) is 0 Å². The third-order valence-corrected chi connectivity index (χ3v) is 25.7. The van der Waals surface area contributed by atoms with Crippen molar-refractivity contribution in [3.63, 3.8) is 0 Å². The van der Waals surface area contributed by atoms with Gasteiger partial charge in [0.15, 0.2) is 0 Å². The van der Waals surface area contributed by atoms with E-state index in [4.69, 9.17) is 0 Å². The molecule has 2 unspecified atom stereocenters. The molecule has 0 aliphatic heterocycles. The molecule has 108 heavy (non-hydrogen) atoms. The maximum Gasteiger partial charge on any atom is -0.00241 e. The molecule has 8 aliphatic carbocycles. The van der Waals surface area contributed by atoms with E-state index in [1.54, 1.807) is 5.56 Å². The van der Waals surface area contributed by atoms with Crippen LogP contribution < -0.4 is 0 Å². The second-order valence-electron chi connectivity index (χ2n) is 33.2. The molecule has 526 valence electrons. The van der Waals surface area contributed by atoms with E-state index in [-0.39, 0.29) is 32.5 Å². The first-order valence-corrected chi connectivity index (χ1v) is 39.6. The van der Waals surface area contributed by atoms with Crippen molar-refractivity contribution < 1.29 is 0 Å². The van der Waals surface area contributed by atoms with Gasteiger partial charge < -0.3 is 0 Å². The van der Waals surface area contributed by atoms with E-state index in [1.807, 2.05) is 0 Å². The summed E-state index contributed by atoms with van der Waals surface area (Å²) in [7, 11) is 0. The minimum Gasteiger partial charge on any atom is -0.0622 e. The zero-order chi connectivity index (χ0) is 72.3. The maximum absolute atomic E-state index is 2.68. The van der Waals surface area contributed by atoms with Gasteiger partial charge in [-0.15, -0.1) is 0 Å². The SMILES string of the molecule is C(=Cc1cc(C=Cc2ccccc2)cc(C23CC4CC(C2)CC(C25CC6(c7cc(C=Cc8ccccc8)cc(C=Cc8ccccc8)c7)CC(c7cc(C=Cc8ccccc8)cc(C=Cc8ccccc8)c7)(CC(c7cc(C=Cc8ccccc8)cc(C=Cc8ccccc8)c7)(C6)C2)C5)(C4)C3)c1)c1ccccc1. The summed E-state index contributed by atoms with van der Waals surface area (Å²) >= 11 is 0. The minimum atomic E-state index is -0.236. The average molecular weight is 1390 g/mol. The molecule has 0 radical (unpaired) electrons. The van der Waals surface area contributed by atoms with E-state index < -0.39 is 0 Å². The Kier molecular flexibility index (Phi) is 18.6. The average Bonchev–Trinajstić information content (AvgIpc) is 0.649. The van der Waals surface area contributed by atoms with Crippen LogP contribution in [0.25, 0.3) is 97.2 Å². The van der Waals surface area contributed by atoms with E-state index in [2.05, 4.69) is 413 Å². The zero-order valence-corrected chi connectivity index (χ0v) is 61.9. The summed E-state index contributed by atoms with van der Waals surface area (Å²) in [6.07, 6.45) is 52.4. The van der Waals surface area contributed by atoms with Crippen LogP contribution in [0.3, 0.4) is 0 Å². The van der Waals surface area contributed by atoms with Gasteiger partial charge in [-0.2, -0.15) is 0 Å². The van der Waals surface area contributed by atoms with E-state index in [0.717, 1.165) is 19.3 Å². The number of hydrogen-bond acceptors (Lipinski definition) is 0. The molecule has 8 saturated carbocycles. The lowest BCUT2D eigenvalue weighted by molar-refractivity contribution is -0.225. The Balaban J connectivity index is 0.889. The monoisotopic (exact) mass is 1390 g/mol. The standard InChI is InChI=1S/C108H94/c1-9-25-81(26-10-1)41-49-89-57-90(50-42-82-27-11-2-12-28-82)63-99(62-89)103-70-97-61-98(71-103)73-107(72-97,77-103)108-78-104(100-64-91(51-43-83-29-13-3-14-30-83)58-92(65-100)52-44-84-31-15-4-16-32-84)74-105(79-108,101-66-93(53-45-85-33-17-5-18-34-85)59-94(67-101)54-46-86-35-19-6-20-36-86)76-106(75-104,80-108)102-68-95(55-47-87-37-21-7-22-38-87)60-96(69-102)56-48-88-39-23-8-24-40-88/h1-60,62-69,97-98H,61,70-80H2. The summed E-state index contributed by atoms with van der Waals surface area (Å²) in [6, 6.07) is 119. The normalized spacial score (nSPS) is 24.9. The second-order valence-corrected chi connectivity index (χ2v) is 33.2. The predicted octanol–water partition coefficient (Wildman–Crippen LogP) is 28.1. The van der Waals surface area contributed by atoms with E-state index in [9.17, 15) is 0 Å². The lowest BCUT2D eigenvalue weighted by Gasteiger charge is -2.78. The fourth-order valence-electron chi connectivity index (χ4n) is 22.1. The van der Waals surface area contributed by atoms with Crippen LogP contribution >= 0.6 is 0 Å². The van der Waals surface area contributed by atoms with Crippen molar-refractivity contribution in [3.05, 3.63) is 427 Å². The summed E-state index contributed by atoms with van der Waals surface area (Å²) in [6.45, 7) is 0. The minimum absolute atomic E-state index is 0.0134. The molecule has 8 bridgehead atoms. The van der Waals surface area contributed by atoms with Crippen LogP contribution in [-0.2, 0) is 21.7 Å². The van der Waals surface area contributed by atoms with Gasteiger partial charge in [0.05, 0.1) is 0 Å². The van der Waals surface area contributed by atoms with Crippen LogP contribution in [0.4, 0.5) is 0 Å². The molecular weight excluding hydrogens is 1300 g/mol. The van der Waals surface area contributed by atoms with Crippen molar-refractivity contribution in [3.8, 4) is 0 Å². The van der Waals surface area contributed by atoms with Crippen molar-refractivity contribution in [1.82, 2.24) is 0 Å². The van der Waals surface area contributed by atoms with Crippen molar-refractivity contribution in [1.29, 1.82) is 0 Å². The molecule has 2 atom stereocenters. The summed E-state index contributed by atoms with van der Waals surface area (Å²) in [5.74, 6) is 1.27. The van der Waals surface area contributed by atoms with Gasteiger partial charge in [-0.05, 0) is 257 Å². The quantitative estimate of drug-likeness (QED) is 0.0629. The number of rotatable bonds is 21. The third kappa shape index (κ3) is 14.4. The molecule has 8 aliphatic rings. The van der Waals surface area contributed by atoms with E-state index in [1.165, 1.54) is 163 Å². The fraction of sp³-hybridized carbons (Fsp3) is 0.185. The summed E-state index contributed by atoms with van der Waals surface area (Å²) in [5, 5.41) is 0. The van der Waals surface area contributed by atoms with Crippen LogP contribution in [0.1, 0.15) is 188 Å². The molecule has 0 N–H and O–H groups in total. The zero-order valence-electron chi connectivity index (χ0n) is 61.9. The highest BCUT2D eigenvalue weighted by molar-refractivity contribution is 5.81. The highest BCUT2D eigenvalue weighted by Crippen LogP contribution is 2.83. The first-order valence-electron chi connectivity index (χ1n) is 39.6. The molecular formula is C108H94. The maximum atomic E-state index is 2.68. The van der Waals surface area contributed by atoms with Crippen LogP contribution in [-0.4, -0.2) is 0 Å². The Morgan fingerprint density at radius 1 is 0.167 bits per heavy atom. The molecule has 12 aromatic rings. The number of benzene rings is 12. The van der Waals surface area contributed by atoms with Crippen molar-refractivity contribution >= 4 is 97.2 Å². The Morgan fingerprint density at radius 3 is 0.546 bits per heavy atom. The Hall–Kier alpha value is -11.4. The van der Waals surface area contributed by atoms with Crippen molar-refractivity contribution in [2.24, 2.45) is 22.7 Å². The van der Waals surface area contributed by atoms with Crippen LogP contribution in [0.15, 0.2) is 315 Å². The van der Waals surface area contributed by atoms with Gasteiger partial charge in [0.1, 0.15) is 0 Å². The lowest BCUT2D eigenvalue weighted by Crippen LogP contribution is -2.72. The molecule has 0 aromatic heterocycles.